The van der Waals surface area contributed by atoms with Crippen molar-refractivity contribution >= 4 is 34.1 Å². The van der Waals surface area contributed by atoms with Crippen LogP contribution in [-0.2, 0) is 7.05 Å². The standard InChI is InChI=1S/C14H14ClN5O2/c1-20-13-9(7-16-20)12(18-14(15)19-13)17-10-6-8(21-2)4-5-11(10)22-3/h4-7H,1-3H3,(H,17,18,19). The number of fused-ring (bicyclic) bond motifs is 1. The van der Waals surface area contributed by atoms with Gasteiger partial charge in [-0.2, -0.15) is 15.1 Å². The molecule has 0 bridgehead atoms. The Hall–Kier alpha value is -2.54. The largest absolute Gasteiger partial charge is 0.497 e. The van der Waals surface area contributed by atoms with Crippen molar-refractivity contribution in [3.05, 3.63) is 29.7 Å². The summed E-state index contributed by atoms with van der Waals surface area (Å²) in [5.41, 5.74) is 1.35. The van der Waals surface area contributed by atoms with E-state index < -0.39 is 0 Å². The van der Waals surface area contributed by atoms with Crippen LogP contribution in [0.5, 0.6) is 11.5 Å². The van der Waals surface area contributed by atoms with Gasteiger partial charge in [0.25, 0.3) is 0 Å². The Labute approximate surface area is 131 Å². The molecule has 3 rings (SSSR count). The van der Waals surface area contributed by atoms with Gasteiger partial charge in [-0.3, -0.25) is 4.68 Å². The van der Waals surface area contributed by atoms with Crippen LogP contribution in [0.1, 0.15) is 0 Å². The van der Waals surface area contributed by atoms with E-state index in [2.05, 4.69) is 20.4 Å². The van der Waals surface area contributed by atoms with E-state index in [4.69, 9.17) is 21.1 Å². The molecule has 1 aromatic carbocycles. The van der Waals surface area contributed by atoms with Gasteiger partial charge in [0, 0.05) is 13.1 Å². The van der Waals surface area contributed by atoms with Gasteiger partial charge in [-0.05, 0) is 23.7 Å². The molecule has 114 valence electrons. The highest BCUT2D eigenvalue weighted by molar-refractivity contribution is 6.28. The molecule has 0 radical (unpaired) electrons. The van der Waals surface area contributed by atoms with Crippen LogP contribution in [-0.4, -0.2) is 34.0 Å². The Kier molecular flexibility index (Phi) is 3.72. The fourth-order valence-corrected chi connectivity index (χ4v) is 2.29. The van der Waals surface area contributed by atoms with Gasteiger partial charge in [0.15, 0.2) is 5.65 Å². The second-order valence-electron chi connectivity index (χ2n) is 4.54. The van der Waals surface area contributed by atoms with Crippen LogP contribution in [0.3, 0.4) is 0 Å². The molecule has 0 atom stereocenters. The number of benzene rings is 1. The molecule has 22 heavy (non-hydrogen) atoms. The molecule has 8 heteroatoms. The number of ether oxygens (including phenoxy) is 2. The molecule has 2 heterocycles. The Morgan fingerprint density at radius 1 is 1.18 bits per heavy atom. The molecular weight excluding hydrogens is 306 g/mol. The summed E-state index contributed by atoms with van der Waals surface area (Å²) in [6.07, 6.45) is 1.68. The van der Waals surface area contributed by atoms with E-state index in [0.717, 1.165) is 5.39 Å². The summed E-state index contributed by atoms with van der Waals surface area (Å²) in [7, 11) is 4.99. The molecule has 0 saturated heterocycles. The normalized spacial score (nSPS) is 10.7. The maximum Gasteiger partial charge on any atom is 0.226 e. The first kappa shape index (κ1) is 14.4. The van der Waals surface area contributed by atoms with Crippen molar-refractivity contribution < 1.29 is 9.47 Å². The maximum atomic E-state index is 5.99. The zero-order valence-electron chi connectivity index (χ0n) is 12.3. The van der Waals surface area contributed by atoms with Gasteiger partial charge in [0.1, 0.15) is 17.3 Å². The Morgan fingerprint density at radius 2 is 2.00 bits per heavy atom. The molecule has 3 aromatic rings. The Bertz CT molecular complexity index is 833. The number of nitrogens with zero attached hydrogens (tertiary/aromatic N) is 4. The lowest BCUT2D eigenvalue weighted by Gasteiger charge is -2.12. The van der Waals surface area contributed by atoms with E-state index in [1.807, 2.05) is 18.2 Å². The lowest BCUT2D eigenvalue weighted by molar-refractivity contribution is 0.405. The van der Waals surface area contributed by atoms with Gasteiger partial charge in [0.2, 0.25) is 5.28 Å². The topological polar surface area (TPSA) is 74.1 Å². The van der Waals surface area contributed by atoms with Crippen molar-refractivity contribution in [2.24, 2.45) is 7.05 Å². The van der Waals surface area contributed by atoms with Gasteiger partial charge in [-0.1, -0.05) is 0 Å². The second-order valence-corrected chi connectivity index (χ2v) is 4.88. The number of hydrogen-bond donors (Lipinski definition) is 1. The number of aromatic nitrogens is 4. The van der Waals surface area contributed by atoms with E-state index in [0.29, 0.717) is 28.7 Å². The highest BCUT2D eigenvalue weighted by Gasteiger charge is 2.13. The quantitative estimate of drug-likeness (QED) is 0.745. The van der Waals surface area contributed by atoms with Crippen LogP contribution in [0.2, 0.25) is 5.28 Å². The van der Waals surface area contributed by atoms with Crippen LogP contribution in [0.4, 0.5) is 11.5 Å². The van der Waals surface area contributed by atoms with Crippen LogP contribution >= 0.6 is 11.6 Å². The summed E-state index contributed by atoms with van der Waals surface area (Å²) in [5, 5.41) is 8.28. The summed E-state index contributed by atoms with van der Waals surface area (Å²) in [6, 6.07) is 5.44. The number of methoxy groups -OCH3 is 2. The lowest BCUT2D eigenvalue weighted by atomic mass is 10.2. The minimum absolute atomic E-state index is 0.139. The smallest absolute Gasteiger partial charge is 0.226 e. The molecule has 0 aliphatic carbocycles. The fraction of sp³-hybridized carbons (Fsp3) is 0.214. The van der Waals surface area contributed by atoms with E-state index in [1.54, 1.807) is 32.1 Å². The third kappa shape index (κ3) is 2.50. The predicted molar refractivity (Wildman–Crippen MR) is 84.1 cm³/mol. The molecule has 2 aromatic heterocycles. The van der Waals surface area contributed by atoms with Gasteiger partial charge in [-0.25, -0.2) is 0 Å². The van der Waals surface area contributed by atoms with E-state index in [-0.39, 0.29) is 5.28 Å². The summed E-state index contributed by atoms with van der Waals surface area (Å²) < 4.78 is 12.2. The van der Waals surface area contributed by atoms with Crippen molar-refractivity contribution in [1.29, 1.82) is 0 Å². The SMILES string of the molecule is COc1ccc(OC)c(Nc2nc(Cl)nc3c2cnn3C)c1. The highest BCUT2D eigenvalue weighted by atomic mass is 35.5. The van der Waals surface area contributed by atoms with Gasteiger partial charge < -0.3 is 14.8 Å². The van der Waals surface area contributed by atoms with E-state index >= 15 is 0 Å². The highest BCUT2D eigenvalue weighted by Crippen LogP contribution is 2.33. The Balaban J connectivity index is 2.10. The van der Waals surface area contributed by atoms with Gasteiger partial charge >= 0.3 is 0 Å². The van der Waals surface area contributed by atoms with Crippen molar-refractivity contribution in [2.75, 3.05) is 19.5 Å². The van der Waals surface area contributed by atoms with Gasteiger partial charge in [-0.15, -0.1) is 0 Å². The fourth-order valence-electron chi connectivity index (χ4n) is 2.13. The van der Waals surface area contributed by atoms with Crippen molar-refractivity contribution in [2.45, 2.75) is 0 Å². The first-order chi connectivity index (χ1) is 10.6. The van der Waals surface area contributed by atoms with E-state index in [9.17, 15) is 0 Å². The molecule has 0 saturated carbocycles. The number of aryl methyl sites for hydroxylation is 1. The van der Waals surface area contributed by atoms with E-state index in [1.165, 1.54) is 0 Å². The van der Waals surface area contributed by atoms with Crippen LogP contribution in [0.15, 0.2) is 24.4 Å². The number of nitrogens with one attached hydrogen (secondary N) is 1. The van der Waals surface area contributed by atoms with Crippen molar-refractivity contribution in [3.63, 3.8) is 0 Å². The lowest BCUT2D eigenvalue weighted by Crippen LogP contribution is -2.00. The minimum atomic E-state index is 0.139. The summed E-state index contributed by atoms with van der Waals surface area (Å²) >= 11 is 5.99. The summed E-state index contributed by atoms with van der Waals surface area (Å²) in [5.74, 6) is 1.91. The summed E-state index contributed by atoms with van der Waals surface area (Å²) in [4.78, 5) is 8.41. The number of halogens is 1. The molecule has 0 aliphatic heterocycles. The van der Waals surface area contributed by atoms with Crippen LogP contribution in [0, 0.1) is 0 Å². The molecule has 0 aliphatic rings. The first-order valence-electron chi connectivity index (χ1n) is 6.46. The van der Waals surface area contributed by atoms with Crippen LogP contribution in [0.25, 0.3) is 11.0 Å². The third-order valence-electron chi connectivity index (χ3n) is 3.22. The zero-order valence-corrected chi connectivity index (χ0v) is 13.0. The predicted octanol–water partition coefficient (Wildman–Crippen LogP) is 2.78. The second kappa shape index (κ2) is 5.69. The maximum absolute atomic E-state index is 5.99. The van der Waals surface area contributed by atoms with Crippen LogP contribution < -0.4 is 14.8 Å². The molecular formula is C14H14ClN5O2. The first-order valence-corrected chi connectivity index (χ1v) is 6.84. The average molecular weight is 320 g/mol. The molecule has 0 amide bonds. The third-order valence-corrected chi connectivity index (χ3v) is 3.39. The zero-order chi connectivity index (χ0) is 15.7. The molecule has 0 fully saturated rings. The monoisotopic (exact) mass is 319 g/mol. The Morgan fingerprint density at radius 3 is 2.73 bits per heavy atom. The van der Waals surface area contributed by atoms with Crippen molar-refractivity contribution in [1.82, 2.24) is 19.7 Å². The molecule has 0 spiro atoms. The number of anilines is 2. The van der Waals surface area contributed by atoms with Crippen molar-refractivity contribution in [3.8, 4) is 11.5 Å². The molecule has 0 unspecified atom stereocenters. The molecule has 1 N–H and O–H groups in total. The molecule has 7 nitrogen and oxygen atoms in total. The number of rotatable bonds is 4. The average Bonchev–Trinajstić information content (AvgIpc) is 2.88. The number of hydrogen-bond acceptors (Lipinski definition) is 6. The minimum Gasteiger partial charge on any atom is -0.497 e. The van der Waals surface area contributed by atoms with Gasteiger partial charge in [0.05, 0.1) is 31.5 Å². The summed E-state index contributed by atoms with van der Waals surface area (Å²) in [6.45, 7) is 0.